The lowest BCUT2D eigenvalue weighted by Gasteiger charge is -2.27. The molecule has 1 aromatic heterocycles. The largest absolute Gasteiger partial charge is 0.394 e. The fourth-order valence-corrected chi connectivity index (χ4v) is 3.92. The molecule has 2 N–H and O–H groups in total. The molecule has 2 aromatic rings. The topological polar surface area (TPSA) is 70.4 Å². The highest BCUT2D eigenvalue weighted by Crippen LogP contribution is 2.32. The normalized spacial score (nSPS) is 18.1. The summed E-state index contributed by atoms with van der Waals surface area (Å²) in [6.45, 7) is 5.35. The standard InChI is InChI=1S/C21H28N4O2/c1-15(17-5-3-2-4-6-17)22-21(27)20-18-14-24(13-16-7-8-16)10-9-19(18)25(23-20)11-12-26/h2-6,15-16,26H,7-14H2,1H3,(H,22,27). The summed E-state index contributed by atoms with van der Waals surface area (Å²) in [5.41, 5.74) is 3.73. The molecule has 1 aliphatic heterocycles. The molecule has 0 spiro atoms. The Labute approximate surface area is 160 Å². The van der Waals surface area contributed by atoms with Crippen molar-refractivity contribution in [3.8, 4) is 0 Å². The van der Waals surface area contributed by atoms with Crippen LogP contribution < -0.4 is 5.32 Å². The van der Waals surface area contributed by atoms with Crippen molar-refractivity contribution in [2.45, 2.75) is 45.3 Å². The Morgan fingerprint density at radius 2 is 2.11 bits per heavy atom. The highest BCUT2D eigenvalue weighted by molar-refractivity contribution is 5.94. The van der Waals surface area contributed by atoms with Crippen molar-refractivity contribution in [1.29, 1.82) is 0 Å². The first-order valence-corrected chi connectivity index (χ1v) is 9.93. The van der Waals surface area contributed by atoms with Gasteiger partial charge in [-0.25, -0.2) is 0 Å². The number of rotatable bonds is 7. The predicted octanol–water partition coefficient (Wildman–Crippen LogP) is 2.13. The molecule has 144 valence electrons. The van der Waals surface area contributed by atoms with E-state index in [1.807, 2.05) is 41.9 Å². The van der Waals surface area contributed by atoms with Gasteiger partial charge in [-0.05, 0) is 31.2 Å². The van der Waals surface area contributed by atoms with E-state index in [1.54, 1.807) is 0 Å². The van der Waals surface area contributed by atoms with Gasteiger partial charge < -0.3 is 10.4 Å². The molecule has 1 aliphatic carbocycles. The minimum Gasteiger partial charge on any atom is -0.394 e. The van der Waals surface area contributed by atoms with Crippen molar-refractivity contribution in [2.24, 2.45) is 5.92 Å². The van der Waals surface area contributed by atoms with Crippen LogP contribution in [-0.2, 0) is 19.5 Å². The molecule has 2 heterocycles. The van der Waals surface area contributed by atoms with Gasteiger partial charge in [-0.2, -0.15) is 5.10 Å². The van der Waals surface area contributed by atoms with Gasteiger partial charge in [0.05, 0.1) is 19.2 Å². The summed E-state index contributed by atoms with van der Waals surface area (Å²) in [5, 5.41) is 17.0. The second-order valence-electron chi connectivity index (χ2n) is 7.75. The monoisotopic (exact) mass is 368 g/mol. The minimum absolute atomic E-state index is 0.0292. The number of carbonyl (C=O) groups excluding carboxylic acids is 1. The zero-order valence-corrected chi connectivity index (χ0v) is 15.9. The quantitative estimate of drug-likeness (QED) is 0.786. The maximum absolute atomic E-state index is 13.0. The highest BCUT2D eigenvalue weighted by atomic mass is 16.3. The Morgan fingerprint density at radius 1 is 1.33 bits per heavy atom. The molecule has 2 aliphatic rings. The number of hydrogen-bond acceptors (Lipinski definition) is 4. The van der Waals surface area contributed by atoms with Crippen molar-refractivity contribution >= 4 is 5.91 Å². The van der Waals surface area contributed by atoms with E-state index >= 15 is 0 Å². The van der Waals surface area contributed by atoms with Gasteiger partial charge in [-0.3, -0.25) is 14.4 Å². The molecule has 6 heteroatoms. The molecule has 4 rings (SSSR count). The molecule has 1 unspecified atom stereocenters. The van der Waals surface area contributed by atoms with Crippen LogP contribution in [0.1, 0.15) is 53.1 Å². The molecule has 0 radical (unpaired) electrons. The summed E-state index contributed by atoms with van der Waals surface area (Å²) < 4.78 is 1.83. The molecule has 0 bridgehead atoms. The van der Waals surface area contributed by atoms with E-state index in [0.29, 0.717) is 12.2 Å². The van der Waals surface area contributed by atoms with Crippen LogP contribution in [0.3, 0.4) is 0 Å². The van der Waals surface area contributed by atoms with Crippen LogP contribution in [0, 0.1) is 5.92 Å². The molecular formula is C21H28N4O2. The van der Waals surface area contributed by atoms with E-state index in [-0.39, 0.29) is 18.6 Å². The van der Waals surface area contributed by atoms with E-state index in [1.165, 1.54) is 12.8 Å². The van der Waals surface area contributed by atoms with Crippen molar-refractivity contribution in [3.05, 3.63) is 52.8 Å². The van der Waals surface area contributed by atoms with Gasteiger partial charge >= 0.3 is 0 Å². The predicted molar refractivity (Wildman–Crippen MR) is 103 cm³/mol. The second-order valence-corrected chi connectivity index (χ2v) is 7.75. The second kappa shape index (κ2) is 7.82. The summed E-state index contributed by atoms with van der Waals surface area (Å²) >= 11 is 0. The van der Waals surface area contributed by atoms with Crippen LogP contribution in [0.25, 0.3) is 0 Å². The Hall–Kier alpha value is -2.18. The fourth-order valence-electron chi connectivity index (χ4n) is 3.92. The maximum Gasteiger partial charge on any atom is 0.272 e. The Kier molecular flexibility index (Phi) is 5.27. The summed E-state index contributed by atoms with van der Waals surface area (Å²) in [6.07, 6.45) is 3.54. The lowest BCUT2D eigenvalue weighted by Crippen LogP contribution is -2.34. The maximum atomic E-state index is 13.0. The third-order valence-corrected chi connectivity index (χ3v) is 5.60. The Bertz CT molecular complexity index is 798. The molecule has 1 fully saturated rings. The van der Waals surface area contributed by atoms with Crippen LogP contribution in [0.5, 0.6) is 0 Å². The van der Waals surface area contributed by atoms with Crippen LogP contribution in [0.4, 0.5) is 0 Å². The van der Waals surface area contributed by atoms with Crippen LogP contribution in [0.15, 0.2) is 30.3 Å². The molecule has 6 nitrogen and oxygen atoms in total. The van der Waals surface area contributed by atoms with Gasteiger partial charge in [0.25, 0.3) is 5.91 Å². The molecule has 1 atom stereocenters. The summed E-state index contributed by atoms with van der Waals surface area (Å²) in [4.78, 5) is 15.4. The van der Waals surface area contributed by atoms with Crippen LogP contribution in [-0.4, -0.2) is 45.4 Å². The third-order valence-electron chi connectivity index (χ3n) is 5.60. The number of aliphatic hydroxyl groups excluding tert-OH is 1. The highest BCUT2D eigenvalue weighted by Gasteiger charge is 2.31. The van der Waals surface area contributed by atoms with Crippen LogP contribution in [0.2, 0.25) is 0 Å². The number of hydrogen-bond donors (Lipinski definition) is 2. The van der Waals surface area contributed by atoms with Gasteiger partial charge in [-0.1, -0.05) is 30.3 Å². The first-order chi connectivity index (χ1) is 13.2. The van der Waals surface area contributed by atoms with Crippen molar-refractivity contribution in [1.82, 2.24) is 20.0 Å². The zero-order chi connectivity index (χ0) is 18.8. The summed E-state index contributed by atoms with van der Waals surface area (Å²) in [5.74, 6) is 0.696. The Balaban J connectivity index is 1.54. The summed E-state index contributed by atoms with van der Waals surface area (Å²) in [6, 6.07) is 9.88. The number of benzene rings is 1. The zero-order valence-electron chi connectivity index (χ0n) is 15.9. The molecule has 0 saturated heterocycles. The number of nitrogens with zero attached hydrogens (tertiary/aromatic N) is 3. The van der Waals surface area contributed by atoms with Gasteiger partial charge in [0.1, 0.15) is 0 Å². The average molecular weight is 368 g/mol. The lowest BCUT2D eigenvalue weighted by molar-refractivity contribution is 0.0931. The van der Waals surface area contributed by atoms with Gasteiger partial charge in [0, 0.05) is 37.3 Å². The minimum atomic E-state index is -0.132. The van der Waals surface area contributed by atoms with E-state index < -0.39 is 0 Å². The first kappa shape index (κ1) is 18.2. The van der Waals surface area contributed by atoms with Crippen molar-refractivity contribution < 1.29 is 9.90 Å². The number of aromatic nitrogens is 2. The lowest BCUT2D eigenvalue weighted by atomic mass is 10.0. The first-order valence-electron chi connectivity index (χ1n) is 9.93. The third kappa shape index (κ3) is 4.06. The van der Waals surface area contributed by atoms with Crippen molar-refractivity contribution in [3.63, 3.8) is 0 Å². The van der Waals surface area contributed by atoms with Crippen molar-refractivity contribution in [2.75, 3.05) is 19.7 Å². The molecule has 1 aromatic carbocycles. The number of nitrogens with one attached hydrogen (secondary N) is 1. The fraction of sp³-hybridized carbons (Fsp3) is 0.524. The van der Waals surface area contributed by atoms with Gasteiger partial charge in [0.2, 0.25) is 0 Å². The van der Waals surface area contributed by atoms with Gasteiger partial charge in [0.15, 0.2) is 5.69 Å². The Morgan fingerprint density at radius 3 is 2.81 bits per heavy atom. The van der Waals surface area contributed by atoms with Gasteiger partial charge in [-0.15, -0.1) is 0 Å². The van der Waals surface area contributed by atoms with E-state index in [9.17, 15) is 9.90 Å². The van der Waals surface area contributed by atoms with E-state index in [0.717, 1.165) is 48.8 Å². The number of aliphatic hydroxyl groups is 1. The molecule has 1 saturated carbocycles. The van der Waals surface area contributed by atoms with Crippen LogP contribution >= 0.6 is 0 Å². The number of fused-ring (bicyclic) bond motifs is 1. The van der Waals surface area contributed by atoms with E-state index in [4.69, 9.17) is 0 Å². The smallest absolute Gasteiger partial charge is 0.272 e. The van der Waals surface area contributed by atoms with E-state index in [2.05, 4.69) is 15.3 Å². The average Bonchev–Trinajstić information content (AvgIpc) is 3.42. The number of carbonyl (C=O) groups is 1. The SMILES string of the molecule is CC(NC(=O)c1nn(CCO)c2c1CN(CC1CC1)CC2)c1ccccc1. The molecular weight excluding hydrogens is 340 g/mol. The molecule has 1 amide bonds. The number of amides is 1. The molecule has 27 heavy (non-hydrogen) atoms. The summed E-state index contributed by atoms with van der Waals surface area (Å²) in [7, 11) is 0.